The molecule has 61 heavy (non-hydrogen) atoms. The molecular weight excluding hydrogens is 835 g/mol. The maximum Gasteiger partial charge on any atom is 0.511 e. The van der Waals surface area contributed by atoms with Gasteiger partial charge in [-0.15, -0.1) is 0 Å². The van der Waals surface area contributed by atoms with Gasteiger partial charge in [0.1, 0.15) is 22.8 Å². The molecule has 12 nitrogen and oxygen atoms in total. The molecule has 16 heteroatoms. The zero-order valence-electron chi connectivity index (χ0n) is 36.4. The van der Waals surface area contributed by atoms with Crippen LogP contribution < -0.4 is 15.4 Å². The largest absolute Gasteiger partial charge is 0.511 e. The van der Waals surface area contributed by atoms with Gasteiger partial charge in [0.25, 0.3) is 0 Å². The lowest BCUT2D eigenvalue weighted by Gasteiger charge is -2.40. The molecule has 334 valence electrons. The Hall–Kier alpha value is -4.52. The van der Waals surface area contributed by atoms with Gasteiger partial charge in [0, 0.05) is 37.1 Å². The monoisotopic (exact) mass is 891 g/mol. The fourth-order valence-corrected chi connectivity index (χ4v) is 6.68. The van der Waals surface area contributed by atoms with Crippen molar-refractivity contribution in [2.75, 3.05) is 39.3 Å². The molecule has 3 aromatic rings. The van der Waals surface area contributed by atoms with Crippen LogP contribution in [0.5, 0.6) is 5.75 Å². The van der Waals surface area contributed by atoms with Crippen LogP contribution in [0, 0.1) is 28.4 Å². The summed E-state index contributed by atoms with van der Waals surface area (Å²) >= 11 is 12.2. The molecule has 0 aliphatic heterocycles. The fraction of sp³-hybridized carbons (Fsp3) is 0.511. The number of carbonyl (C=O) groups excluding carboxylic acids is 3. The third-order valence-corrected chi connectivity index (χ3v) is 10.5. The second kappa shape index (κ2) is 22.0. The Morgan fingerprint density at radius 3 is 2.20 bits per heavy atom. The molecule has 3 rings (SSSR count). The van der Waals surface area contributed by atoms with Gasteiger partial charge in [-0.25, -0.2) is 18.4 Å². The van der Waals surface area contributed by atoms with Crippen LogP contribution in [0.15, 0.2) is 54.6 Å². The van der Waals surface area contributed by atoms with E-state index in [4.69, 9.17) is 51.6 Å². The number of benzene rings is 3. The lowest BCUT2D eigenvalue weighted by molar-refractivity contribution is -0.115. The predicted octanol–water partition coefficient (Wildman–Crippen LogP) is 9.97. The molecule has 0 aromatic heterocycles. The van der Waals surface area contributed by atoms with Crippen LogP contribution >= 0.6 is 23.2 Å². The average Bonchev–Trinajstić information content (AvgIpc) is 3.16. The van der Waals surface area contributed by atoms with Crippen molar-refractivity contribution in [1.29, 1.82) is 5.26 Å². The minimum absolute atomic E-state index is 0.000405. The summed E-state index contributed by atoms with van der Waals surface area (Å²) in [7, 11) is 2.97. The Kier molecular flexibility index (Phi) is 18.3. The van der Waals surface area contributed by atoms with Crippen LogP contribution in [0.3, 0.4) is 0 Å². The van der Waals surface area contributed by atoms with Gasteiger partial charge in [0.2, 0.25) is 12.2 Å². The van der Waals surface area contributed by atoms with Crippen LogP contribution in [0.2, 0.25) is 10.0 Å². The Morgan fingerprint density at radius 1 is 0.885 bits per heavy atom. The number of rotatable bonds is 21. The van der Waals surface area contributed by atoms with E-state index in [2.05, 4.69) is 16.7 Å². The minimum atomic E-state index is -1.75. The number of carbonyl (C=O) groups is 3. The molecule has 3 unspecified atom stereocenters. The highest BCUT2D eigenvalue weighted by Crippen LogP contribution is 2.40. The highest BCUT2D eigenvalue weighted by Gasteiger charge is 2.45. The normalized spacial score (nSPS) is 13.9. The van der Waals surface area contributed by atoms with Crippen molar-refractivity contribution in [2.45, 2.75) is 110 Å². The molecular formula is C45H57Cl2F2N3O9. The molecule has 0 fully saturated rings. The molecule has 2 N–H and O–H groups in total. The number of nitrogens with one attached hydrogen (secondary N) is 2. The molecule has 0 aliphatic carbocycles. The lowest BCUT2D eigenvalue weighted by Crippen LogP contribution is -2.53. The highest BCUT2D eigenvalue weighted by molar-refractivity contribution is 6.31. The first-order valence-corrected chi connectivity index (χ1v) is 20.4. The van der Waals surface area contributed by atoms with Crippen molar-refractivity contribution < 1.29 is 51.6 Å². The standard InChI is InChI=1S/C45H57Cl2F2N3O9/c1-28(61-41(55)58-20-18-44(7,8)59-21-19-43(5,6)57-10)60-40(54)29-14-17-35(36(22-29)56-9)52-38(53)26-51-37(25-42(2,3)4)45(27-50,32-16-15-31(46)23-34(32)48)24-30-12-11-13-33(47)39(30)49/h11-17,22-23,28,37,51H,18-21,24-26H2,1-10H3,(H,52,53). The maximum atomic E-state index is 15.8. The van der Waals surface area contributed by atoms with E-state index in [0.29, 0.717) is 19.4 Å². The first-order valence-electron chi connectivity index (χ1n) is 19.7. The van der Waals surface area contributed by atoms with Gasteiger partial charge in [-0.05, 0) is 94.3 Å². The first kappa shape index (κ1) is 50.8. The number of amides is 1. The molecule has 1 amide bonds. The SMILES string of the molecule is COc1cc(C(=O)OC(C)OC(=O)OCCC(C)(C)OCCC(C)(C)OC)ccc1NC(=O)CNC(CC(C)(C)C)C(C#N)(Cc1cccc(Cl)c1F)c1ccc(Cl)cc1F. The van der Waals surface area contributed by atoms with Crippen LogP contribution in [0.25, 0.3) is 0 Å². The second-order valence-corrected chi connectivity index (χ2v) is 17.9. The number of methoxy groups -OCH3 is 2. The summed E-state index contributed by atoms with van der Waals surface area (Å²) in [5.74, 6) is -2.84. The predicted molar refractivity (Wildman–Crippen MR) is 229 cm³/mol. The Morgan fingerprint density at radius 2 is 1.57 bits per heavy atom. The van der Waals surface area contributed by atoms with Gasteiger partial charge in [-0.3, -0.25) is 4.79 Å². The Balaban J connectivity index is 1.70. The van der Waals surface area contributed by atoms with E-state index in [0.717, 1.165) is 6.07 Å². The van der Waals surface area contributed by atoms with Gasteiger partial charge in [0.15, 0.2) is 0 Å². The molecule has 0 aliphatic rings. The zero-order chi connectivity index (χ0) is 45.8. The van der Waals surface area contributed by atoms with Crippen LogP contribution in [-0.2, 0) is 40.3 Å². The van der Waals surface area contributed by atoms with Gasteiger partial charge in [-0.1, -0.05) is 62.2 Å². The number of nitriles is 1. The van der Waals surface area contributed by atoms with Crippen molar-refractivity contribution in [3.05, 3.63) is 93.0 Å². The van der Waals surface area contributed by atoms with Crippen molar-refractivity contribution >= 4 is 46.9 Å². The number of ether oxygens (including phenoxy) is 6. The Labute approximate surface area is 367 Å². The summed E-state index contributed by atoms with van der Waals surface area (Å²) in [5, 5.41) is 16.7. The number of hydrogen-bond donors (Lipinski definition) is 2. The second-order valence-electron chi connectivity index (χ2n) is 17.0. The van der Waals surface area contributed by atoms with Crippen LogP contribution in [0.1, 0.15) is 96.1 Å². The quantitative estimate of drug-likeness (QED) is 0.0776. The van der Waals surface area contributed by atoms with E-state index in [1.165, 1.54) is 62.6 Å². The summed E-state index contributed by atoms with van der Waals surface area (Å²) in [6, 6.07) is 13.8. The summed E-state index contributed by atoms with van der Waals surface area (Å²) in [6.45, 7) is 14.9. The fourth-order valence-electron chi connectivity index (χ4n) is 6.33. The van der Waals surface area contributed by atoms with Crippen molar-refractivity contribution in [2.24, 2.45) is 5.41 Å². The molecule has 3 aromatic carbocycles. The number of nitrogens with zero attached hydrogens (tertiary/aromatic N) is 1. The number of hydrogen-bond acceptors (Lipinski definition) is 11. The summed E-state index contributed by atoms with van der Waals surface area (Å²) in [4.78, 5) is 38.8. The molecule has 3 atom stereocenters. The Bertz CT molecular complexity index is 2040. The van der Waals surface area contributed by atoms with E-state index >= 15 is 8.78 Å². The van der Waals surface area contributed by atoms with E-state index in [9.17, 15) is 19.6 Å². The van der Waals surface area contributed by atoms with Gasteiger partial charge >= 0.3 is 12.1 Å². The summed E-state index contributed by atoms with van der Waals surface area (Å²) in [5.41, 5.74) is -2.87. The lowest BCUT2D eigenvalue weighted by atomic mass is 9.67. The minimum Gasteiger partial charge on any atom is -0.495 e. The van der Waals surface area contributed by atoms with Gasteiger partial charge in [0.05, 0.1) is 60.4 Å². The van der Waals surface area contributed by atoms with E-state index < -0.39 is 58.4 Å². The number of anilines is 1. The topological polar surface area (TPSA) is 154 Å². The van der Waals surface area contributed by atoms with E-state index in [-0.39, 0.29) is 69.8 Å². The molecule has 0 bridgehead atoms. The number of halogens is 4. The molecule has 0 saturated heterocycles. The van der Waals surface area contributed by atoms with Crippen molar-refractivity contribution in [3.63, 3.8) is 0 Å². The highest BCUT2D eigenvalue weighted by atomic mass is 35.5. The zero-order valence-corrected chi connectivity index (χ0v) is 37.9. The summed E-state index contributed by atoms with van der Waals surface area (Å²) in [6.07, 6.45) is -1.32. The first-order chi connectivity index (χ1) is 28.4. The third kappa shape index (κ3) is 15.4. The smallest absolute Gasteiger partial charge is 0.495 e. The molecule has 0 spiro atoms. The molecule has 0 saturated carbocycles. The van der Waals surface area contributed by atoms with Crippen molar-refractivity contribution in [3.8, 4) is 11.8 Å². The van der Waals surface area contributed by atoms with Gasteiger partial charge in [-0.2, -0.15) is 5.26 Å². The van der Waals surface area contributed by atoms with Crippen molar-refractivity contribution in [1.82, 2.24) is 5.32 Å². The third-order valence-electron chi connectivity index (χ3n) is 9.95. The maximum absolute atomic E-state index is 15.8. The molecule has 0 radical (unpaired) electrons. The van der Waals surface area contributed by atoms with E-state index in [1.54, 1.807) is 7.11 Å². The summed E-state index contributed by atoms with van der Waals surface area (Å²) < 4.78 is 63.5. The number of esters is 1. The van der Waals surface area contributed by atoms with E-state index in [1.807, 2.05) is 48.5 Å². The van der Waals surface area contributed by atoms with Crippen LogP contribution in [-0.4, -0.2) is 75.5 Å². The van der Waals surface area contributed by atoms with Gasteiger partial charge < -0.3 is 39.1 Å². The van der Waals surface area contributed by atoms with Crippen LogP contribution in [0.4, 0.5) is 19.3 Å². The average molecular weight is 893 g/mol. The molecule has 0 heterocycles.